The molecular weight excluding hydrogens is 540 g/mol. The molecule has 4 rings (SSSR count). The van der Waals surface area contributed by atoms with Gasteiger partial charge in [0, 0.05) is 30.0 Å². The Bertz CT molecular complexity index is 1230. The number of benzene rings is 2. The first kappa shape index (κ1) is 22.1. The number of amides is 1. The van der Waals surface area contributed by atoms with Gasteiger partial charge in [-0.15, -0.1) is 0 Å². The van der Waals surface area contributed by atoms with Crippen molar-refractivity contribution < 1.29 is 18.4 Å². The summed E-state index contributed by atoms with van der Waals surface area (Å²) >= 11 is 6.46. The first-order valence-electron chi connectivity index (χ1n) is 9.78. The molecule has 8 heteroatoms. The van der Waals surface area contributed by atoms with Gasteiger partial charge in [0.25, 0.3) is 5.91 Å². The van der Waals surface area contributed by atoms with Crippen LogP contribution in [0.1, 0.15) is 26.7 Å². The van der Waals surface area contributed by atoms with Gasteiger partial charge in [0.2, 0.25) is 5.78 Å². The first-order valence-corrected chi connectivity index (χ1v) is 11.4. The lowest BCUT2D eigenvalue weighted by Gasteiger charge is -2.22. The predicted octanol–water partition coefficient (Wildman–Crippen LogP) is 6.39. The number of carbonyl (C=O) groups excluding carboxylic acids is 2. The average molecular weight is 558 g/mol. The molecular formula is C24H18Br2N2O4. The molecule has 0 radical (unpaired) electrons. The molecule has 0 atom stereocenters. The van der Waals surface area contributed by atoms with Crippen LogP contribution in [0.15, 0.2) is 97.0 Å². The van der Waals surface area contributed by atoms with Crippen LogP contribution in [0.3, 0.4) is 0 Å². The van der Waals surface area contributed by atoms with Gasteiger partial charge in [-0.2, -0.15) is 0 Å². The summed E-state index contributed by atoms with van der Waals surface area (Å²) in [6.07, 6.45) is 0. The van der Waals surface area contributed by atoms with Crippen LogP contribution in [0.4, 0.5) is 11.4 Å². The average Bonchev–Trinajstić information content (AvgIpc) is 3.45. The minimum absolute atomic E-state index is 0.227. The van der Waals surface area contributed by atoms with Crippen molar-refractivity contribution in [2.45, 2.75) is 0 Å². The minimum atomic E-state index is -0.256. The number of halogens is 2. The summed E-state index contributed by atoms with van der Waals surface area (Å²) in [5.41, 5.74) is 1.89. The fourth-order valence-corrected chi connectivity index (χ4v) is 3.84. The summed E-state index contributed by atoms with van der Waals surface area (Å²) in [6.45, 7) is 0.768. The third-order valence-electron chi connectivity index (χ3n) is 4.72. The molecule has 0 aliphatic heterocycles. The highest BCUT2D eigenvalue weighted by Gasteiger charge is 2.21. The van der Waals surface area contributed by atoms with E-state index in [0.717, 1.165) is 5.69 Å². The monoisotopic (exact) mass is 556 g/mol. The molecule has 6 nitrogen and oxygen atoms in total. The highest BCUT2D eigenvalue weighted by Crippen LogP contribution is 2.23. The van der Waals surface area contributed by atoms with Crippen molar-refractivity contribution in [1.82, 2.24) is 0 Å². The van der Waals surface area contributed by atoms with Gasteiger partial charge in [0.1, 0.15) is 0 Å². The van der Waals surface area contributed by atoms with E-state index in [0.29, 0.717) is 33.7 Å². The van der Waals surface area contributed by atoms with Crippen molar-refractivity contribution in [3.05, 3.63) is 105 Å². The second-order valence-electron chi connectivity index (χ2n) is 6.80. The van der Waals surface area contributed by atoms with Gasteiger partial charge in [-0.05, 0) is 80.4 Å². The smallest absolute Gasteiger partial charge is 0.294 e. The maximum Gasteiger partial charge on any atom is 0.294 e. The normalized spacial score (nSPS) is 10.7. The van der Waals surface area contributed by atoms with E-state index in [9.17, 15) is 9.59 Å². The summed E-state index contributed by atoms with van der Waals surface area (Å²) in [5, 5.41) is 3.27. The van der Waals surface area contributed by atoms with Crippen molar-refractivity contribution >= 4 is 54.9 Å². The van der Waals surface area contributed by atoms with Crippen molar-refractivity contribution in [3.8, 4) is 0 Å². The Labute approximate surface area is 201 Å². The number of nitrogens with one attached hydrogen (secondary N) is 1. The van der Waals surface area contributed by atoms with Gasteiger partial charge in [0.15, 0.2) is 20.9 Å². The number of carbonyl (C=O) groups is 2. The second-order valence-corrected chi connectivity index (χ2v) is 8.36. The molecule has 1 N–H and O–H groups in total. The van der Waals surface area contributed by atoms with Crippen LogP contribution in [-0.4, -0.2) is 24.8 Å². The van der Waals surface area contributed by atoms with Gasteiger partial charge in [-0.25, -0.2) is 0 Å². The predicted molar refractivity (Wildman–Crippen MR) is 129 cm³/mol. The van der Waals surface area contributed by atoms with Crippen LogP contribution in [0.2, 0.25) is 0 Å². The van der Waals surface area contributed by atoms with Crippen molar-refractivity contribution in [2.75, 3.05) is 23.3 Å². The van der Waals surface area contributed by atoms with E-state index in [-0.39, 0.29) is 23.2 Å². The summed E-state index contributed by atoms with van der Waals surface area (Å²) in [4.78, 5) is 27.6. The van der Waals surface area contributed by atoms with E-state index in [2.05, 4.69) is 37.2 Å². The van der Waals surface area contributed by atoms with E-state index in [4.69, 9.17) is 8.83 Å². The fourth-order valence-electron chi connectivity index (χ4n) is 3.22. The Morgan fingerprint density at radius 3 is 2.06 bits per heavy atom. The van der Waals surface area contributed by atoms with Gasteiger partial charge < -0.3 is 19.1 Å². The Kier molecular flexibility index (Phi) is 6.92. The van der Waals surface area contributed by atoms with E-state index in [1.54, 1.807) is 41.3 Å². The van der Waals surface area contributed by atoms with Gasteiger partial charge in [0.05, 0.1) is 0 Å². The van der Waals surface area contributed by atoms with Crippen molar-refractivity contribution in [3.63, 3.8) is 0 Å². The van der Waals surface area contributed by atoms with Gasteiger partial charge in [-0.3, -0.25) is 9.59 Å². The Morgan fingerprint density at radius 2 is 1.41 bits per heavy atom. The molecule has 0 aliphatic carbocycles. The van der Waals surface area contributed by atoms with E-state index < -0.39 is 0 Å². The summed E-state index contributed by atoms with van der Waals surface area (Å²) < 4.78 is 11.9. The van der Waals surface area contributed by atoms with Crippen LogP contribution in [-0.2, 0) is 0 Å². The first-order chi connectivity index (χ1) is 15.5. The lowest BCUT2D eigenvalue weighted by Crippen LogP contribution is -2.35. The Balaban J connectivity index is 1.51. The molecule has 4 aromatic rings. The molecule has 0 bridgehead atoms. The van der Waals surface area contributed by atoms with Gasteiger partial charge in [-0.1, -0.05) is 30.3 Å². The highest BCUT2D eigenvalue weighted by molar-refractivity contribution is 9.10. The molecule has 2 aromatic carbocycles. The number of para-hydroxylation sites is 2. The summed E-state index contributed by atoms with van der Waals surface area (Å²) in [6, 6.07) is 23.2. The largest absolute Gasteiger partial charge is 0.446 e. The number of anilines is 2. The quantitative estimate of drug-likeness (QED) is 0.254. The molecule has 2 aromatic heterocycles. The third kappa shape index (κ3) is 5.03. The Hall–Kier alpha value is -3.10. The standard InChI is InChI=1S/C24H18Br2N2O4/c25-21-12-10-19(31-21)23(29)17-8-4-5-9-18(17)27-14-15-28(16-6-2-1-3-7-16)24(30)20-11-13-22(26)32-20/h1-13,27H,14-15H2. The highest BCUT2D eigenvalue weighted by atomic mass is 79.9. The van der Waals surface area contributed by atoms with E-state index in [1.807, 2.05) is 42.5 Å². The van der Waals surface area contributed by atoms with Crippen LogP contribution >= 0.6 is 31.9 Å². The molecule has 0 saturated carbocycles. The molecule has 2 heterocycles. The molecule has 32 heavy (non-hydrogen) atoms. The van der Waals surface area contributed by atoms with Crippen LogP contribution < -0.4 is 10.2 Å². The number of nitrogens with zero attached hydrogens (tertiary/aromatic N) is 1. The minimum Gasteiger partial charge on any atom is -0.446 e. The zero-order valence-corrected chi connectivity index (χ0v) is 19.9. The lowest BCUT2D eigenvalue weighted by molar-refractivity contribution is 0.0959. The molecule has 0 unspecified atom stereocenters. The molecule has 0 fully saturated rings. The maximum absolute atomic E-state index is 13.1. The molecule has 1 amide bonds. The summed E-state index contributed by atoms with van der Waals surface area (Å²) in [5.74, 6) is -0.000890. The van der Waals surface area contributed by atoms with E-state index in [1.165, 1.54) is 0 Å². The van der Waals surface area contributed by atoms with Crippen LogP contribution in [0.5, 0.6) is 0 Å². The number of rotatable bonds is 8. The zero-order chi connectivity index (χ0) is 22.5. The lowest BCUT2D eigenvalue weighted by atomic mass is 10.1. The molecule has 162 valence electrons. The number of hydrogen-bond acceptors (Lipinski definition) is 5. The van der Waals surface area contributed by atoms with Crippen molar-refractivity contribution in [2.24, 2.45) is 0 Å². The topological polar surface area (TPSA) is 75.7 Å². The molecule has 0 saturated heterocycles. The number of ketones is 1. The molecule has 0 spiro atoms. The zero-order valence-electron chi connectivity index (χ0n) is 16.8. The van der Waals surface area contributed by atoms with Crippen LogP contribution in [0.25, 0.3) is 0 Å². The maximum atomic E-state index is 13.1. The van der Waals surface area contributed by atoms with E-state index >= 15 is 0 Å². The number of furan rings is 2. The SMILES string of the molecule is O=C(c1ccc(Br)o1)c1ccccc1NCCN(C(=O)c1ccc(Br)o1)c1ccccc1. The van der Waals surface area contributed by atoms with Crippen molar-refractivity contribution in [1.29, 1.82) is 0 Å². The fraction of sp³-hybridized carbons (Fsp3) is 0.0833. The number of hydrogen-bond donors (Lipinski definition) is 1. The summed E-state index contributed by atoms with van der Waals surface area (Å²) in [7, 11) is 0. The second kappa shape index (κ2) is 10.0. The van der Waals surface area contributed by atoms with Gasteiger partial charge >= 0.3 is 0 Å². The Morgan fingerprint density at radius 1 is 0.781 bits per heavy atom. The van der Waals surface area contributed by atoms with Crippen LogP contribution in [0, 0.1) is 0 Å². The molecule has 0 aliphatic rings. The third-order valence-corrected chi connectivity index (χ3v) is 5.57.